The zero-order valence-electron chi connectivity index (χ0n) is 10.4. The van der Waals surface area contributed by atoms with Crippen LogP contribution in [-0.2, 0) is 0 Å². The van der Waals surface area contributed by atoms with Crippen LogP contribution in [0.2, 0.25) is 5.02 Å². The third-order valence-corrected chi connectivity index (χ3v) is 3.65. The van der Waals surface area contributed by atoms with E-state index in [4.69, 9.17) is 11.6 Å². The maximum absolute atomic E-state index is 6.29. The Kier molecular flexibility index (Phi) is 5.67. The van der Waals surface area contributed by atoms with Crippen LogP contribution in [0.1, 0.15) is 39.3 Å². The summed E-state index contributed by atoms with van der Waals surface area (Å²) in [6.45, 7) is 9.58. The van der Waals surface area contributed by atoms with Gasteiger partial charge in [0.2, 0.25) is 0 Å². The summed E-state index contributed by atoms with van der Waals surface area (Å²) in [7, 11) is 0. The average Bonchev–Trinajstić information content (AvgIpc) is 2.16. The molecule has 0 spiro atoms. The Morgan fingerprint density at radius 3 is 2.50 bits per heavy atom. The van der Waals surface area contributed by atoms with Gasteiger partial charge in [0.15, 0.2) is 0 Å². The highest BCUT2D eigenvalue weighted by Gasteiger charge is 2.09. The molecule has 0 fully saturated rings. The van der Waals surface area contributed by atoms with Gasteiger partial charge in [-0.25, -0.2) is 0 Å². The number of rotatable bonds is 5. The first kappa shape index (κ1) is 13.9. The van der Waals surface area contributed by atoms with Gasteiger partial charge < -0.3 is 5.32 Å². The molecule has 0 aliphatic rings. The molecule has 0 saturated carbocycles. The fourth-order valence-electron chi connectivity index (χ4n) is 1.62. The summed E-state index contributed by atoms with van der Waals surface area (Å²) >= 11 is 8.13. The van der Waals surface area contributed by atoms with Crippen LogP contribution in [0.5, 0.6) is 0 Å². The van der Waals surface area contributed by atoms with Gasteiger partial charge in [-0.2, -0.15) is 0 Å². The van der Waals surface area contributed by atoms with E-state index in [0.717, 1.165) is 11.6 Å². The third kappa shape index (κ3) is 4.00. The van der Waals surface area contributed by atoms with Crippen LogP contribution in [0.25, 0.3) is 0 Å². The normalized spacial score (nSPS) is 13.1. The van der Waals surface area contributed by atoms with Gasteiger partial charge in [-0.15, -0.1) is 11.8 Å². The largest absolute Gasteiger partial charge is 0.310 e. The van der Waals surface area contributed by atoms with Gasteiger partial charge in [-0.3, -0.25) is 0 Å². The molecule has 0 bridgehead atoms. The van der Waals surface area contributed by atoms with Crippen molar-refractivity contribution in [2.45, 2.75) is 43.9 Å². The second-order valence-corrected chi connectivity index (χ2v) is 6.19. The highest BCUT2D eigenvalue weighted by Crippen LogP contribution is 2.30. The minimum Gasteiger partial charge on any atom is -0.310 e. The number of hydrogen-bond donors (Lipinski definition) is 1. The Morgan fingerprint density at radius 1 is 1.31 bits per heavy atom. The Balaban J connectivity index is 2.82. The molecule has 0 radical (unpaired) electrons. The van der Waals surface area contributed by atoms with Crippen molar-refractivity contribution in [2.75, 3.05) is 6.54 Å². The van der Waals surface area contributed by atoms with Crippen LogP contribution in [0, 0.1) is 0 Å². The molecule has 0 saturated heterocycles. The first-order valence-corrected chi connectivity index (χ1v) is 6.99. The summed E-state index contributed by atoms with van der Waals surface area (Å²) in [5.41, 5.74) is 1.18. The van der Waals surface area contributed by atoms with Gasteiger partial charge in [-0.1, -0.05) is 38.4 Å². The molecule has 0 aliphatic carbocycles. The zero-order valence-corrected chi connectivity index (χ0v) is 12.0. The quantitative estimate of drug-likeness (QED) is 0.779. The predicted octanol–water partition coefficient (Wildman–Crippen LogP) is 4.51. The van der Waals surface area contributed by atoms with E-state index in [9.17, 15) is 0 Å². The van der Waals surface area contributed by atoms with E-state index in [2.05, 4.69) is 51.2 Å². The van der Waals surface area contributed by atoms with Crippen molar-refractivity contribution in [2.24, 2.45) is 0 Å². The van der Waals surface area contributed by atoms with E-state index in [1.807, 2.05) is 11.8 Å². The molecule has 0 amide bonds. The van der Waals surface area contributed by atoms with Gasteiger partial charge in [0.25, 0.3) is 0 Å². The molecule has 3 heteroatoms. The smallest absolute Gasteiger partial charge is 0.0464 e. The topological polar surface area (TPSA) is 12.0 Å². The van der Waals surface area contributed by atoms with E-state index in [1.165, 1.54) is 10.5 Å². The molecule has 16 heavy (non-hydrogen) atoms. The van der Waals surface area contributed by atoms with Crippen molar-refractivity contribution in [3.63, 3.8) is 0 Å². The van der Waals surface area contributed by atoms with Crippen LogP contribution in [0.3, 0.4) is 0 Å². The van der Waals surface area contributed by atoms with Crippen molar-refractivity contribution in [1.82, 2.24) is 5.32 Å². The summed E-state index contributed by atoms with van der Waals surface area (Å²) in [5.74, 6) is 0. The van der Waals surface area contributed by atoms with E-state index in [0.29, 0.717) is 11.3 Å². The molecule has 0 aromatic heterocycles. The summed E-state index contributed by atoms with van der Waals surface area (Å²) in [4.78, 5) is 1.24. The number of hydrogen-bond acceptors (Lipinski definition) is 2. The molecule has 0 heterocycles. The van der Waals surface area contributed by atoms with E-state index < -0.39 is 0 Å². The minimum absolute atomic E-state index is 0.315. The molecule has 1 N–H and O–H groups in total. The van der Waals surface area contributed by atoms with Crippen molar-refractivity contribution < 1.29 is 0 Å². The Labute approximate surface area is 108 Å². The van der Waals surface area contributed by atoms with Crippen molar-refractivity contribution in [3.05, 3.63) is 28.8 Å². The Morgan fingerprint density at radius 2 is 2.00 bits per heavy atom. The second kappa shape index (κ2) is 6.53. The molecular weight excluding hydrogens is 238 g/mol. The first-order chi connectivity index (χ1) is 7.54. The minimum atomic E-state index is 0.315. The van der Waals surface area contributed by atoms with Crippen LogP contribution in [0.4, 0.5) is 0 Å². The fraction of sp³-hybridized carbons (Fsp3) is 0.538. The van der Waals surface area contributed by atoms with E-state index in [1.54, 1.807) is 0 Å². The van der Waals surface area contributed by atoms with Gasteiger partial charge in [0, 0.05) is 21.2 Å². The lowest BCUT2D eigenvalue weighted by Gasteiger charge is -2.15. The zero-order chi connectivity index (χ0) is 12.1. The summed E-state index contributed by atoms with van der Waals surface area (Å²) < 4.78 is 0. The molecule has 1 rings (SSSR count). The molecule has 1 aromatic carbocycles. The fourth-order valence-corrected chi connectivity index (χ4v) is 2.91. The van der Waals surface area contributed by atoms with Gasteiger partial charge >= 0.3 is 0 Å². The van der Waals surface area contributed by atoms with Crippen molar-refractivity contribution in [1.29, 1.82) is 0 Å². The molecule has 1 unspecified atom stereocenters. The van der Waals surface area contributed by atoms with Crippen LogP contribution in [-0.4, -0.2) is 11.8 Å². The molecule has 1 nitrogen and oxygen atoms in total. The highest BCUT2D eigenvalue weighted by atomic mass is 35.5. The SMILES string of the molecule is CCNC(C)c1ccc(SC(C)C)cc1Cl. The average molecular weight is 258 g/mol. The lowest BCUT2D eigenvalue weighted by atomic mass is 10.1. The second-order valence-electron chi connectivity index (χ2n) is 4.13. The van der Waals surface area contributed by atoms with Gasteiger partial charge in [-0.05, 0) is 31.2 Å². The molecule has 0 aliphatic heterocycles. The van der Waals surface area contributed by atoms with E-state index in [-0.39, 0.29) is 0 Å². The van der Waals surface area contributed by atoms with Crippen LogP contribution in [0.15, 0.2) is 23.1 Å². The van der Waals surface area contributed by atoms with Gasteiger partial charge in [0.05, 0.1) is 0 Å². The van der Waals surface area contributed by atoms with Crippen molar-refractivity contribution in [3.8, 4) is 0 Å². The number of halogens is 1. The van der Waals surface area contributed by atoms with Gasteiger partial charge in [0.1, 0.15) is 0 Å². The summed E-state index contributed by atoms with van der Waals surface area (Å²) in [5, 5.41) is 4.82. The highest BCUT2D eigenvalue weighted by molar-refractivity contribution is 7.99. The van der Waals surface area contributed by atoms with E-state index >= 15 is 0 Å². The Bertz CT molecular complexity index is 339. The maximum atomic E-state index is 6.29. The summed E-state index contributed by atoms with van der Waals surface area (Å²) in [6.07, 6.45) is 0. The third-order valence-electron chi connectivity index (χ3n) is 2.32. The number of nitrogens with one attached hydrogen (secondary N) is 1. The molecular formula is C13H20ClNS. The van der Waals surface area contributed by atoms with Crippen molar-refractivity contribution >= 4 is 23.4 Å². The summed E-state index contributed by atoms with van der Waals surface area (Å²) in [6, 6.07) is 6.66. The molecule has 90 valence electrons. The lowest BCUT2D eigenvalue weighted by molar-refractivity contribution is 0.598. The number of benzene rings is 1. The first-order valence-electron chi connectivity index (χ1n) is 5.74. The maximum Gasteiger partial charge on any atom is 0.0464 e. The predicted molar refractivity (Wildman–Crippen MR) is 74.5 cm³/mol. The number of thioether (sulfide) groups is 1. The van der Waals surface area contributed by atoms with Crippen LogP contribution >= 0.6 is 23.4 Å². The standard InChI is InChI=1S/C13H20ClNS/c1-5-15-10(4)12-7-6-11(8-13(12)14)16-9(2)3/h6-10,15H,5H2,1-4H3. The van der Waals surface area contributed by atoms with Crippen LogP contribution < -0.4 is 5.32 Å². The molecule has 1 atom stereocenters. The Hall–Kier alpha value is -0.180. The molecule has 1 aromatic rings. The monoisotopic (exact) mass is 257 g/mol. The lowest BCUT2D eigenvalue weighted by Crippen LogP contribution is -2.17.